The maximum Gasteiger partial charge on any atom is 0.166 e. The van der Waals surface area contributed by atoms with Crippen molar-refractivity contribution < 1.29 is 8.42 Å². The minimum absolute atomic E-state index is 0.230. The van der Waals surface area contributed by atoms with E-state index in [1.165, 1.54) is 25.7 Å². The van der Waals surface area contributed by atoms with Gasteiger partial charge in [0.2, 0.25) is 0 Å². The van der Waals surface area contributed by atoms with Gasteiger partial charge in [-0.15, -0.1) is 0 Å². The Kier molecular flexibility index (Phi) is 6.41. The molecular formula is C15H30N2O2S2. The monoisotopic (exact) mass is 334 g/mol. The van der Waals surface area contributed by atoms with E-state index in [-0.39, 0.29) is 17.2 Å². The third-order valence-corrected chi connectivity index (χ3v) is 8.52. The average molecular weight is 335 g/mol. The predicted molar refractivity (Wildman–Crippen MR) is 91.2 cm³/mol. The average Bonchev–Trinajstić information content (AvgIpc) is 2.50. The van der Waals surface area contributed by atoms with Gasteiger partial charge in [0.1, 0.15) is 5.37 Å². The lowest BCUT2D eigenvalue weighted by atomic mass is 9.78. The van der Waals surface area contributed by atoms with Crippen molar-refractivity contribution in [3.8, 4) is 0 Å². The second-order valence-electron chi connectivity index (χ2n) is 6.54. The molecule has 2 unspecified atom stereocenters. The van der Waals surface area contributed by atoms with Crippen LogP contribution in [0.1, 0.15) is 39.5 Å². The summed E-state index contributed by atoms with van der Waals surface area (Å²) in [6.07, 6.45) is 4.92. The number of thioether (sulfide) groups is 1. The van der Waals surface area contributed by atoms with Gasteiger partial charge in [0.05, 0.1) is 0 Å². The minimum atomic E-state index is -3.03. The first-order valence-electron chi connectivity index (χ1n) is 8.24. The quantitative estimate of drug-likeness (QED) is 0.832. The summed E-state index contributed by atoms with van der Waals surface area (Å²) in [6, 6.07) is 0.240. The summed E-state index contributed by atoms with van der Waals surface area (Å²) in [6.45, 7) is 5.52. The van der Waals surface area contributed by atoms with Gasteiger partial charge in [-0.25, -0.2) is 8.42 Å². The van der Waals surface area contributed by atoms with Gasteiger partial charge in [-0.05, 0) is 24.7 Å². The molecule has 1 heterocycles. The Bertz CT molecular complexity index is 419. The molecule has 0 amide bonds. The summed E-state index contributed by atoms with van der Waals surface area (Å²) in [4.78, 5) is 2.23. The molecular weight excluding hydrogens is 304 g/mol. The van der Waals surface area contributed by atoms with E-state index in [4.69, 9.17) is 5.73 Å². The molecule has 2 fully saturated rings. The van der Waals surface area contributed by atoms with Crippen LogP contribution in [0.4, 0.5) is 0 Å². The number of nitrogens with two attached hydrogens (primary N) is 1. The normalized spacial score (nSPS) is 33.8. The summed E-state index contributed by atoms with van der Waals surface area (Å²) < 4.78 is 24.8. The summed E-state index contributed by atoms with van der Waals surface area (Å²) in [7, 11) is -3.03. The maximum absolute atomic E-state index is 12.4. The summed E-state index contributed by atoms with van der Waals surface area (Å²) in [5.74, 6) is 3.34. The highest BCUT2D eigenvalue weighted by atomic mass is 32.2. The molecule has 0 aromatic rings. The van der Waals surface area contributed by atoms with Crippen LogP contribution in [0.15, 0.2) is 0 Å². The Balaban J connectivity index is 2.14. The Morgan fingerprint density at radius 2 is 1.95 bits per heavy atom. The van der Waals surface area contributed by atoms with Crippen molar-refractivity contribution in [1.82, 2.24) is 4.90 Å². The molecule has 0 bridgehead atoms. The van der Waals surface area contributed by atoms with Crippen molar-refractivity contribution in [2.45, 2.75) is 50.9 Å². The molecule has 21 heavy (non-hydrogen) atoms. The van der Waals surface area contributed by atoms with Gasteiger partial charge in [-0.3, -0.25) is 4.90 Å². The molecule has 1 saturated carbocycles. The zero-order valence-electron chi connectivity index (χ0n) is 13.3. The number of sulfone groups is 1. The molecule has 2 aliphatic rings. The molecule has 2 rings (SSSR count). The Morgan fingerprint density at radius 1 is 1.29 bits per heavy atom. The van der Waals surface area contributed by atoms with Gasteiger partial charge in [0.15, 0.2) is 9.84 Å². The van der Waals surface area contributed by atoms with Crippen LogP contribution >= 0.6 is 11.8 Å². The third kappa shape index (κ3) is 4.15. The number of nitrogens with zero attached hydrogens (tertiary/aromatic N) is 1. The van der Waals surface area contributed by atoms with Gasteiger partial charge < -0.3 is 5.73 Å². The summed E-state index contributed by atoms with van der Waals surface area (Å²) in [5, 5.41) is -0.325. The highest BCUT2D eigenvalue weighted by Crippen LogP contribution is 2.34. The fraction of sp³-hybridized carbons (Fsp3) is 1.00. The molecule has 1 aliphatic carbocycles. The van der Waals surface area contributed by atoms with E-state index in [0.29, 0.717) is 18.2 Å². The molecule has 4 nitrogen and oxygen atoms in total. The molecule has 0 aromatic carbocycles. The third-order valence-electron chi connectivity index (χ3n) is 5.21. The molecule has 2 N–H and O–H groups in total. The summed E-state index contributed by atoms with van der Waals surface area (Å²) in [5.41, 5.74) is 6.07. The van der Waals surface area contributed by atoms with Crippen LogP contribution in [0.5, 0.6) is 0 Å². The van der Waals surface area contributed by atoms with E-state index in [2.05, 4.69) is 11.8 Å². The van der Waals surface area contributed by atoms with Gasteiger partial charge in [-0.1, -0.05) is 26.7 Å². The fourth-order valence-electron chi connectivity index (χ4n) is 3.74. The van der Waals surface area contributed by atoms with Crippen molar-refractivity contribution in [1.29, 1.82) is 0 Å². The highest BCUT2D eigenvalue weighted by Gasteiger charge is 2.39. The fourth-order valence-corrected chi connectivity index (χ4v) is 6.82. The second-order valence-corrected chi connectivity index (χ2v) is 10.1. The first kappa shape index (κ1) is 17.6. The molecule has 124 valence electrons. The number of rotatable bonds is 5. The van der Waals surface area contributed by atoms with Gasteiger partial charge >= 0.3 is 0 Å². The number of hydrogen-bond donors (Lipinski definition) is 1. The first-order chi connectivity index (χ1) is 9.99. The molecule has 1 saturated heterocycles. The topological polar surface area (TPSA) is 63.4 Å². The van der Waals surface area contributed by atoms with Gasteiger partial charge in [0, 0.05) is 36.4 Å². The number of hydrogen-bond acceptors (Lipinski definition) is 5. The van der Waals surface area contributed by atoms with E-state index in [1.807, 2.05) is 0 Å². The van der Waals surface area contributed by atoms with Crippen LogP contribution in [-0.2, 0) is 9.84 Å². The molecule has 6 heteroatoms. The molecule has 0 radical (unpaired) electrons. The molecule has 2 atom stereocenters. The van der Waals surface area contributed by atoms with E-state index in [0.717, 1.165) is 18.2 Å². The van der Waals surface area contributed by atoms with Crippen LogP contribution in [-0.4, -0.2) is 55.1 Å². The zero-order chi connectivity index (χ0) is 15.5. The molecule has 0 spiro atoms. The highest BCUT2D eigenvalue weighted by molar-refractivity contribution is 8.01. The second kappa shape index (κ2) is 7.66. The smallest absolute Gasteiger partial charge is 0.166 e. The van der Waals surface area contributed by atoms with Crippen molar-refractivity contribution in [2.75, 3.05) is 30.3 Å². The van der Waals surface area contributed by atoms with Crippen LogP contribution in [0.25, 0.3) is 0 Å². The van der Waals surface area contributed by atoms with Crippen molar-refractivity contribution in [3.63, 3.8) is 0 Å². The largest absolute Gasteiger partial charge is 0.329 e. The van der Waals surface area contributed by atoms with E-state index < -0.39 is 9.84 Å². The van der Waals surface area contributed by atoms with Gasteiger partial charge in [-0.2, -0.15) is 11.8 Å². The van der Waals surface area contributed by atoms with Crippen molar-refractivity contribution in [3.05, 3.63) is 0 Å². The van der Waals surface area contributed by atoms with E-state index in [1.54, 1.807) is 18.7 Å². The van der Waals surface area contributed by atoms with Crippen LogP contribution in [0.2, 0.25) is 0 Å². The summed E-state index contributed by atoms with van der Waals surface area (Å²) >= 11 is 1.76. The SMILES string of the molecule is CCS(=O)(=O)C1CSCCN1C(CN)C1CCC(C)CC1. The predicted octanol–water partition coefficient (Wildman–Crippen LogP) is 1.95. The van der Waals surface area contributed by atoms with Crippen LogP contribution in [0, 0.1) is 11.8 Å². The van der Waals surface area contributed by atoms with Gasteiger partial charge in [0.25, 0.3) is 0 Å². The first-order valence-corrected chi connectivity index (χ1v) is 11.1. The lowest BCUT2D eigenvalue weighted by Gasteiger charge is -2.44. The standard InChI is InChI=1S/C15H30N2O2S2/c1-3-21(18,19)15-11-20-9-8-17(15)14(10-16)13-6-4-12(2)5-7-13/h12-15H,3-11,16H2,1-2H3. The lowest BCUT2D eigenvalue weighted by molar-refractivity contribution is 0.108. The Morgan fingerprint density at radius 3 is 2.52 bits per heavy atom. The van der Waals surface area contributed by atoms with Crippen LogP contribution < -0.4 is 5.73 Å². The van der Waals surface area contributed by atoms with Crippen LogP contribution in [0.3, 0.4) is 0 Å². The Hall–Kier alpha value is 0.220. The molecule has 0 aromatic heterocycles. The lowest BCUT2D eigenvalue weighted by Crippen LogP contribution is -2.57. The molecule has 1 aliphatic heterocycles. The zero-order valence-corrected chi connectivity index (χ0v) is 15.0. The maximum atomic E-state index is 12.4. The van der Waals surface area contributed by atoms with Crippen molar-refractivity contribution in [2.24, 2.45) is 17.6 Å². The minimum Gasteiger partial charge on any atom is -0.329 e. The Labute approximate surface area is 134 Å². The van der Waals surface area contributed by atoms with Crippen molar-refractivity contribution >= 4 is 21.6 Å². The van der Waals surface area contributed by atoms with E-state index >= 15 is 0 Å². The van der Waals surface area contributed by atoms with E-state index in [9.17, 15) is 8.42 Å².